The Balaban J connectivity index is 1.43. The summed E-state index contributed by atoms with van der Waals surface area (Å²) in [5, 5.41) is 11.0. The molecule has 0 saturated carbocycles. The molecule has 0 spiro atoms. The molecule has 0 N–H and O–H groups in total. The minimum absolute atomic E-state index is 0.0399. The number of rotatable bonds is 6. The summed E-state index contributed by atoms with van der Waals surface area (Å²) in [6.45, 7) is 9.89. The molecule has 2 aliphatic rings. The van der Waals surface area contributed by atoms with Gasteiger partial charge in [-0.1, -0.05) is 6.07 Å². The molecular weight excluding hydrogens is 448 g/mol. The first-order valence-electron chi connectivity index (χ1n) is 11.4. The number of hydrogen-bond donors (Lipinski definition) is 0. The van der Waals surface area contributed by atoms with Crippen LogP contribution in [-0.2, 0) is 14.8 Å². The molecule has 0 radical (unpaired) electrons. The van der Waals surface area contributed by atoms with Gasteiger partial charge in [-0.3, -0.25) is 10.1 Å². The van der Waals surface area contributed by atoms with Crippen molar-refractivity contribution in [3.05, 3.63) is 34.4 Å². The number of nitro benzene ring substituents is 1. The molecule has 0 aliphatic carbocycles. The molecule has 1 aromatic carbocycles. The maximum Gasteiger partial charge on any atom is 0.410 e. The average Bonchev–Trinajstić information content (AvgIpc) is 2.77. The predicted octanol–water partition coefficient (Wildman–Crippen LogP) is 2.94. The van der Waals surface area contributed by atoms with Crippen LogP contribution in [0.4, 0.5) is 10.5 Å². The van der Waals surface area contributed by atoms with E-state index in [1.165, 1.54) is 22.5 Å². The molecule has 10 nitrogen and oxygen atoms in total. The van der Waals surface area contributed by atoms with Gasteiger partial charge in [0.1, 0.15) is 5.60 Å². The number of piperidine rings is 1. The number of nitro groups is 1. The quantitative estimate of drug-likeness (QED) is 0.452. The van der Waals surface area contributed by atoms with Crippen LogP contribution in [0, 0.1) is 16.0 Å². The van der Waals surface area contributed by atoms with Crippen LogP contribution in [0.3, 0.4) is 0 Å². The number of carbonyl (C=O) groups is 1. The Morgan fingerprint density at radius 3 is 2.33 bits per heavy atom. The maximum atomic E-state index is 12.9. The number of amides is 1. The highest BCUT2D eigenvalue weighted by Crippen LogP contribution is 2.24. The molecule has 0 unspecified atom stereocenters. The third-order valence-corrected chi connectivity index (χ3v) is 8.01. The fraction of sp³-hybridized carbons (Fsp3) is 0.682. The summed E-state index contributed by atoms with van der Waals surface area (Å²) in [6.07, 6.45) is 2.66. The van der Waals surface area contributed by atoms with Gasteiger partial charge >= 0.3 is 6.09 Å². The van der Waals surface area contributed by atoms with Gasteiger partial charge in [0.2, 0.25) is 10.0 Å². The van der Waals surface area contributed by atoms with Crippen molar-refractivity contribution in [3.63, 3.8) is 0 Å². The van der Waals surface area contributed by atoms with Crippen molar-refractivity contribution in [1.29, 1.82) is 0 Å². The van der Waals surface area contributed by atoms with Crippen LogP contribution >= 0.6 is 0 Å². The van der Waals surface area contributed by atoms with E-state index in [9.17, 15) is 23.3 Å². The SMILES string of the molecule is CC(C)(C)OC(=O)N1CCC(CCN2CCN(S(=O)(=O)c3cccc([N+](=O)[O-])c3)CC2)CC1. The number of nitrogens with zero attached hydrogens (tertiary/aromatic N) is 4. The molecule has 3 rings (SSSR count). The highest BCUT2D eigenvalue weighted by atomic mass is 32.2. The summed E-state index contributed by atoms with van der Waals surface area (Å²) < 4.78 is 32.6. The van der Waals surface area contributed by atoms with Crippen LogP contribution in [0.15, 0.2) is 29.2 Å². The average molecular weight is 483 g/mol. The van der Waals surface area contributed by atoms with Crippen molar-refractivity contribution < 1.29 is 22.9 Å². The zero-order valence-electron chi connectivity index (χ0n) is 19.6. The number of ether oxygens (including phenoxy) is 1. The molecule has 184 valence electrons. The number of likely N-dealkylation sites (tertiary alicyclic amines) is 1. The summed E-state index contributed by atoms with van der Waals surface area (Å²) >= 11 is 0. The van der Waals surface area contributed by atoms with Crippen LogP contribution in [0.5, 0.6) is 0 Å². The van der Waals surface area contributed by atoms with E-state index in [1.807, 2.05) is 20.8 Å². The zero-order valence-corrected chi connectivity index (χ0v) is 20.4. The van der Waals surface area contributed by atoms with Crippen LogP contribution in [-0.4, -0.2) is 85.0 Å². The molecule has 0 atom stereocenters. The minimum atomic E-state index is -3.75. The lowest BCUT2D eigenvalue weighted by Crippen LogP contribution is -2.49. The molecule has 33 heavy (non-hydrogen) atoms. The van der Waals surface area contributed by atoms with E-state index in [0.717, 1.165) is 31.9 Å². The molecule has 11 heteroatoms. The van der Waals surface area contributed by atoms with Gasteiger partial charge in [0.05, 0.1) is 9.82 Å². The fourth-order valence-electron chi connectivity index (χ4n) is 4.20. The van der Waals surface area contributed by atoms with Crippen molar-refractivity contribution in [3.8, 4) is 0 Å². The molecule has 0 bridgehead atoms. The van der Waals surface area contributed by atoms with Crippen LogP contribution in [0.2, 0.25) is 0 Å². The molecule has 1 amide bonds. The van der Waals surface area contributed by atoms with Gasteiger partial charge in [0, 0.05) is 51.4 Å². The van der Waals surface area contributed by atoms with Gasteiger partial charge in [-0.15, -0.1) is 0 Å². The summed E-state index contributed by atoms with van der Waals surface area (Å²) in [5.74, 6) is 0.537. The lowest BCUT2D eigenvalue weighted by molar-refractivity contribution is -0.385. The number of benzene rings is 1. The Kier molecular flexibility index (Phi) is 7.96. The second-order valence-corrected chi connectivity index (χ2v) is 11.6. The first kappa shape index (κ1) is 25.4. The highest BCUT2D eigenvalue weighted by molar-refractivity contribution is 7.89. The van der Waals surface area contributed by atoms with Crippen molar-refractivity contribution in [1.82, 2.24) is 14.1 Å². The Morgan fingerprint density at radius 2 is 1.76 bits per heavy atom. The smallest absolute Gasteiger partial charge is 0.410 e. The molecule has 2 aliphatic heterocycles. The van der Waals surface area contributed by atoms with Crippen molar-refractivity contribution in [2.24, 2.45) is 5.92 Å². The van der Waals surface area contributed by atoms with Crippen molar-refractivity contribution in [2.75, 3.05) is 45.8 Å². The number of piperazine rings is 1. The van der Waals surface area contributed by atoms with Crippen LogP contribution in [0.1, 0.15) is 40.0 Å². The number of non-ortho nitro benzene ring substituents is 1. The van der Waals surface area contributed by atoms with E-state index in [1.54, 1.807) is 4.90 Å². The fourth-order valence-corrected chi connectivity index (χ4v) is 5.66. The second-order valence-electron chi connectivity index (χ2n) is 9.70. The second kappa shape index (κ2) is 10.4. The third-order valence-electron chi connectivity index (χ3n) is 6.12. The van der Waals surface area contributed by atoms with E-state index in [2.05, 4.69) is 4.90 Å². The van der Waals surface area contributed by atoms with Gasteiger partial charge in [0.15, 0.2) is 0 Å². The maximum absolute atomic E-state index is 12.9. The normalized spacial score (nSPS) is 19.4. The molecule has 2 heterocycles. The number of sulfonamides is 1. The van der Waals surface area contributed by atoms with Gasteiger partial charge in [0.25, 0.3) is 5.69 Å². The van der Waals surface area contributed by atoms with E-state index in [4.69, 9.17) is 4.74 Å². The summed E-state index contributed by atoms with van der Waals surface area (Å²) in [4.78, 5) is 26.6. The Morgan fingerprint density at radius 1 is 1.12 bits per heavy atom. The lowest BCUT2D eigenvalue weighted by Gasteiger charge is -2.36. The molecule has 1 aromatic rings. The largest absolute Gasteiger partial charge is 0.444 e. The van der Waals surface area contributed by atoms with Crippen molar-refractivity contribution in [2.45, 2.75) is 50.5 Å². The summed E-state index contributed by atoms with van der Waals surface area (Å²) in [7, 11) is -3.75. The lowest BCUT2D eigenvalue weighted by atomic mass is 9.93. The van der Waals surface area contributed by atoms with Gasteiger partial charge in [-0.05, 0) is 58.6 Å². The van der Waals surface area contributed by atoms with Crippen LogP contribution < -0.4 is 0 Å². The monoisotopic (exact) mass is 482 g/mol. The Hall–Kier alpha value is -2.24. The van der Waals surface area contributed by atoms with Crippen molar-refractivity contribution >= 4 is 21.8 Å². The topological polar surface area (TPSA) is 113 Å². The van der Waals surface area contributed by atoms with Gasteiger partial charge in [-0.2, -0.15) is 4.31 Å². The first-order valence-corrected chi connectivity index (χ1v) is 12.8. The van der Waals surface area contributed by atoms with E-state index in [-0.39, 0.29) is 16.7 Å². The molecule has 2 saturated heterocycles. The molecule has 2 fully saturated rings. The number of carbonyl (C=O) groups excluding carboxylic acids is 1. The summed E-state index contributed by atoms with van der Waals surface area (Å²) in [5.41, 5.74) is -0.717. The van der Waals surface area contributed by atoms with Crippen LogP contribution in [0.25, 0.3) is 0 Å². The highest BCUT2D eigenvalue weighted by Gasteiger charge is 2.31. The van der Waals surface area contributed by atoms with E-state index in [0.29, 0.717) is 45.2 Å². The van der Waals surface area contributed by atoms with Gasteiger partial charge < -0.3 is 14.5 Å². The standard InChI is InChI=1S/C22H34N4O6S/c1-22(2,3)32-21(27)24-11-8-18(9-12-24)7-10-23-13-15-25(16-14-23)33(30,31)20-6-4-5-19(17-20)26(28)29/h4-6,17-18H,7-16H2,1-3H3. The predicted molar refractivity (Wildman–Crippen MR) is 123 cm³/mol. The third kappa shape index (κ3) is 6.87. The molecular formula is C22H34N4O6S. The molecule has 0 aromatic heterocycles. The summed E-state index contributed by atoms with van der Waals surface area (Å²) in [6, 6.07) is 5.20. The Bertz CT molecular complexity index is 946. The first-order chi connectivity index (χ1) is 15.5. The van der Waals surface area contributed by atoms with E-state index < -0.39 is 20.5 Å². The Labute approximate surface area is 195 Å². The van der Waals surface area contributed by atoms with E-state index >= 15 is 0 Å². The number of hydrogen-bond acceptors (Lipinski definition) is 7. The zero-order chi connectivity index (χ0) is 24.2. The van der Waals surface area contributed by atoms with Gasteiger partial charge in [-0.25, -0.2) is 13.2 Å². The minimum Gasteiger partial charge on any atom is -0.444 e.